The predicted octanol–water partition coefficient (Wildman–Crippen LogP) is 6.13. The maximum Gasteiger partial charge on any atom is 0.254 e. The van der Waals surface area contributed by atoms with Gasteiger partial charge in [-0.1, -0.05) is 55.0 Å². The summed E-state index contributed by atoms with van der Waals surface area (Å²) in [6.45, 7) is 4.81. The lowest BCUT2D eigenvalue weighted by Gasteiger charge is -2.29. The van der Waals surface area contributed by atoms with Crippen molar-refractivity contribution in [3.8, 4) is 5.75 Å². The van der Waals surface area contributed by atoms with Crippen molar-refractivity contribution in [3.63, 3.8) is 0 Å². The van der Waals surface area contributed by atoms with Crippen LogP contribution < -0.4 is 4.74 Å². The molecule has 4 heteroatoms. The highest BCUT2D eigenvalue weighted by Crippen LogP contribution is 2.34. The van der Waals surface area contributed by atoms with Crippen LogP contribution >= 0.6 is 0 Å². The Labute approximate surface area is 183 Å². The summed E-state index contributed by atoms with van der Waals surface area (Å²) in [6.07, 6.45) is 2.97. The van der Waals surface area contributed by atoms with Crippen molar-refractivity contribution >= 4 is 16.8 Å². The first-order chi connectivity index (χ1) is 15.1. The molecule has 0 radical (unpaired) electrons. The molecule has 4 nitrogen and oxygen atoms in total. The summed E-state index contributed by atoms with van der Waals surface area (Å²) < 4.78 is 5.66. The van der Waals surface area contributed by atoms with Crippen molar-refractivity contribution in [2.45, 2.75) is 26.3 Å². The minimum absolute atomic E-state index is 0.0297. The quantitative estimate of drug-likeness (QED) is 0.397. The van der Waals surface area contributed by atoms with E-state index in [1.54, 1.807) is 0 Å². The van der Waals surface area contributed by atoms with Gasteiger partial charge in [0, 0.05) is 35.3 Å². The number of carbonyl (C=O) groups is 1. The fraction of sp³-hybridized carbons (Fsp3) is 0.222. The third-order valence-corrected chi connectivity index (χ3v) is 5.59. The Morgan fingerprint density at radius 2 is 1.71 bits per heavy atom. The summed E-state index contributed by atoms with van der Waals surface area (Å²) in [6, 6.07) is 23.8. The first-order valence-corrected chi connectivity index (χ1v) is 10.7. The molecule has 0 bridgehead atoms. The van der Waals surface area contributed by atoms with Crippen LogP contribution in [0.15, 0.2) is 79.0 Å². The Balaban J connectivity index is 1.71. The number of carbonyl (C=O) groups excluding carboxylic acids is 1. The fourth-order valence-electron chi connectivity index (χ4n) is 3.92. The number of rotatable bonds is 7. The molecule has 0 aliphatic carbocycles. The van der Waals surface area contributed by atoms with E-state index in [0.717, 1.165) is 34.2 Å². The molecule has 1 N–H and O–H groups in total. The Kier molecular flexibility index (Phi) is 6.08. The van der Waals surface area contributed by atoms with Crippen LogP contribution in [-0.2, 0) is 0 Å². The van der Waals surface area contributed by atoms with E-state index in [1.807, 2.05) is 54.5 Å². The average molecular weight is 413 g/mol. The van der Waals surface area contributed by atoms with E-state index >= 15 is 0 Å². The van der Waals surface area contributed by atoms with Gasteiger partial charge in [-0.2, -0.15) is 0 Å². The molecule has 31 heavy (non-hydrogen) atoms. The Bertz CT molecular complexity index is 1160. The van der Waals surface area contributed by atoms with Crippen molar-refractivity contribution < 1.29 is 9.53 Å². The summed E-state index contributed by atoms with van der Waals surface area (Å²) in [5, 5.41) is 1.12. The van der Waals surface area contributed by atoms with Gasteiger partial charge in [0.05, 0.1) is 12.6 Å². The molecule has 158 valence electrons. The molecule has 0 spiro atoms. The average Bonchev–Trinajstić information content (AvgIpc) is 3.23. The molecule has 1 aromatic heterocycles. The molecular weight excluding hydrogens is 384 g/mol. The maximum atomic E-state index is 13.5. The number of aromatic nitrogens is 1. The number of benzene rings is 3. The lowest BCUT2D eigenvalue weighted by atomic mass is 9.95. The second kappa shape index (κ2) is 9.09. The van der Waals surface area contributed by atoms with E-state index in [9.17, 15) is 4.79 Å². The molecule has 1 heterocycles. The number of nitrogens with one attached hydrogen (secondary N) is 1. The van der Waals surface area contributed by atoms with Crippen LogP contribution in [0.1, 0.15) is 46.4 Å². The van der Waals surface area contributed by atoms with Gasteiger partial charge in [0.15, 0.2) is 0 Å². The first-order valence-electron chi connectivity index (χ1n) is 10.7. The summed E-state index contributed by atoms with van der Waals surface area (Å²) in [7, 11) is 1.87. The van der Waals surface area contributed by atoms with E-state index in [1.165, 1.54) is 5.56 Å². The minimum Gasteiger partial charge on any atom is -0.494 e. The summed E-state index contributed by atoms with van der Waals surface area (Å²) in [5.41, 5.74) is 5.06. The lowest BCUT2D eigenvalue weighted by Crippen LogP contribution is -2.32. The van der Waals surface area contributed by atoms with Crippen LogP contribution in [0.25, 0.3) is 10.9 Å². The van der Waals surface area contributed by atoms with Gasteiger partial charge in [-0.3, -0.25) is 4.79 Å². The zero-order chi connectivity index (χ0) is 21.8. The molecule has 4 rings (SSSR count). The number of hydrogen-bond donors (Lipinski definition) is 1. The number of amides is 1. The maximum absolute atomic E-state index is 13.5. The zero-order valence-corrected chi connectivity index (χ0v) is 18.3. The van der Waals surface area contributed by atoms with Crippen molar-refractivity contribution in [1.29, 1.82) is 0 Å². The van der Waals surface area contributed by atoms with Gasteiger partial charge in [0.1, 0.15) is 5.75 Å². The summed E-state index contributed by atoms with van der Waals surface area (Å²) in [5.74, 6) is 0.755. The van der Waals surface area contributed by atoms with Crippen molar-refractivity contribution in [1.82, 2.24) is 9.88 Å². The second-order valence-electron chi connectivity index (χ2n) is 7.89. The standard InChI is InChI=1S/C27H28N2O2/c1-4-17-31-22-15-13-21(14-16-22)27(30)29(3)26(20-11-9-19(2)10-12-20)24-18-28-25-8-6-5-7-23(24)25/h5-16,18,26,28H,4,17H2,1-3H3. The van der Waals surface area contributed by atoms with Gasteiger partial charge in [0.2, 0.25) is 0 Å². The monoisotopic (exact) mass is 412 g/mol. The number of fused-ring (bicyclic) bond motifs is 1. The molecule has 1 atom stereocenters. The van der Waals surface area contributed by atoms with Crippen LogP contribution in [0.5, 0.6) is 5.75 Å². The predicted molar refractivity (Wildman–Crippen MR) is 126 cm³/mol. The number of hydrogen-bond acceptors (Lipinski definition) is 2. The number of aromatic amines is 1. The normalized spacial score (nSPS) is 12.0. The number of aryl methyl sites for hydroxylation is 1. The highest BCUT2D eigenvalue weighted by Gasteiger charge is 2.26. The lowest BCUT2D eigenvalue weighted by molar-refractivity contribution is 0.0756. The molecule has 0 saturated carbocycles. The molecular formula is C27H28N2O2. The van der Waals surface area contributed by atoms with Gasteiger partial charge in [0.25, 0.3) is 5.91 Å². The third-order valence-electron chi connectivity index (χ3n) is 5.59. The van der Waals surface area contributed by atoms with Gasteiger partial charge in [-0.25, -0.2) is 0 Å². The van der Waals surface area contributed by atoms with Crippen LogP contribution in [0.2, 0.25) is 0 Å². The molecule has 1 amide bonds. The smallest absolute Gasteiger partial charge is 0.254 e. The number of H-pyrrole nitrogens is 1. The van der Waals surface area contributed by atoms with Crippen LogP contribution in [0.4, 0.5) is 0 Å². The zero-order valence-electron chi connectivity index (χ0n) is 18.3. The number of ether oxygens (including phenoxy) is 1. The highest BCUT2D eigenvalue weighted by atomic mass is 16.5. The number of para-hydroxylation sites is 1. The van der Waals surface area contributed by atoms with E-state index < -0.39 is 0 Å². The minimum atomic E-state index is -0.208. The number of nitrogens with zero attached hydrogens (tertiary/aromatic N) is 1. The molecule has 0 aliphatic heterocycles. The van der Waals surface area contributed by atoms with Gasteiger partial charge >= 0.3 is 0 Å². The fourth-order valence-corrected chi connectivity index (χ4v) is 3.92. The second-order valence-corrected chi connectivity index (χ2v) is 7.89. The van der Waals surface area contributed by atoms with Crippen molar-refractivity contribution in [2.75, 3.05) is 13.7 Å². The first kappa shape index (κ1) is 20.7. The molecule has 0 fully saturated rings. The van der Waals surface area contributed by atoms with E-state index in [2.05, 4.69) is 55.2 Å². The van der Waals surface area contributed by atoms with Crippen LogP contribution in [-0.4, -0.2) is 29.4 Å². The van der Waals surface area contributed by atoms with E-state index in [4.69, 9.17) is 4.74 Å². The van der Waals surface area contributed by atoms with Crippen LogP contribution in [0, 0.1) is 6.92 Å². The van der Waals surface area contributed by atoms with Crippen molar-refractivity contribution in [2.24, 2.45) is 0 Å². The van der Waals surface area contributed by atoms with Crippen molar-refractivity contribution in [3.05, 3.63) is 101 Å². The topological polar surface area (TPSA) is 45.3 Å². The Morgan fingerprint density at radius 1 is 1.00 bits per heavy atom. The Hall–Kier alpha value is -3.53. The third kappa shape index (κ3) is 4.33. The largest absolute Gasteiger partial charge is 0.494 e. The van der Waals surface area contributed by atoms with Gasteiger partial charge in [-0.05, 0) is 49.2 Å². The molecule has 4 aromatic rings. The highest BCUT2D eigenvalue weighted by molar-refractivity contribution is 5.95. The summed E-state index contributed by atoms with van der Waals surface area (Å²) in [4.78, 5) is 18.6. The molecule has 3 aromatic carbocycles. The molecule has 0 aliphatic rings. The summed E-state index contributed by atoms with van der Waals surface area (Å²) >= 11 is 0. The van der Waals surface area contributed by atoms with E-state index in [0.29, 0.717) is 12.2 Å². The van der Waals surface area contributed by atoms with Gasteiger partial charge in [-0.15, -0.1) is 0 Å². The van der Waals surface area contributed by atoms with E-state index in [-0.39, 0.29) is 11.9 Å². The van der Waals surface area contributed by atoms with Crippen LogP contribution in [0.3, 0.4) is 0 Å². The molecule has 1 unspecified atom stereocenters. The van der Waals surface area contributed by atoms with Gasteiger partial charge < -0.3 is 14.6 Å². The SMILES string of the molecule is CCCOc1ccc(C(=O)N(C)C(c2ccc(C)cc2)c2c[nH]c3ccccc23)cc1. The molecule has 0 saturated heterocycles. The Morgan fingerprint density at radius 3 is 2.42 bits per heavy atom.